The van der Waals surface area contributed by atoms with Crippen molar-refractivity contribution < 1.29 is 18.0 Å². The second kappa shape index (κ2) is 9.11. The number of hydrogen-bond acceptors (Lipinski definition) is 5. The largest absolute Gasteiger partial charge is 0.421 e. The molecule has 0 spiro atoms. The molecule has 3 rings (SSSR count). The monoisotopic (exact) mass is 407 g/mol. The highest BCUT2D eigenvalue weighted by Gasteiger charge is 2.35. The van der Waals surface area contributed by atoms with E-state index in [0.29, 0.717) is 0 Å². The molecule has 0 aliphatic heterocycles. The Labute approximate surface area is 167 Å². The Balaban J connectivity index is 1.92. The highest BCUT2D eigenvalue weighted by molar-refractivity contribution is 6.00. The number of carbonyl (C=O) groups is 1. The van der Waals surface area contributed by atoms with E-state index in [1.54, 1.807) is 12.1 Å². The first kappa shape index (κ1) is 20.9. The van der Waals surface area contributed by atoms with Crippen LogP contribution in [0.25, 0.3) is 0 Å². The Hall–Kier alpha value is -2.84. The molecule has 156 valence electrons. The van der Waals surface area contributed by atoms with E-state index in [4.69, 9.17) is 0 Å². The Morgan fingerprint density at radius 3 is 2.45 bits per heavy atom. The fourth-order valence-electron chi connectivity index (χ4n) is 3.41. The molecule has 0 bridgehead atoms. The van der Waals surface area contributed by atoms with Crippen molar-refractivity contribution in [2.75, 3.05) is 17.7 Å². The van der Waals surface area contributed by atoms with Gasteiger partial charge < -0.3 is 16.0 Å². The number of nitrogens with zero attached hydrogens (tertiary/aromatic N) is 2. The van der Waals surface area contributed by atoms with Crippen LogP contribution in [0.2, 0.25) is 0 Å². The van der Waals surface area contributed by atoms with Gasteiger partial charge in [0.05, 0.1) is 11.3 Å². The van der Waals surface area contributed by atoms with E-state index >= 15 is 0 Å². The molecule has 1 aromatic carbocycles. The third-order valence-electron chi connectivity index (χ3n) is 4.93. The maximum Gasteiger partial charge on any atom is 0.421 e. The molecular weight excluding hydrogens is 383 g/mol. The lowest BCUT2D eigenvalue weighted by molar-refractivity contribution is -0.137. The van der Waals surface area contributed by atoms with Gasteiger partial charge in [-0.05, 0) is 25.0 Å². The summed E-state index contributed by atoms with van der Waals surface area (Å²) >= 11 is 0. The molecule has 1 heterocycles. The quantitative estimate of drug-likeness (QED) is 0.625. The van der Waals surface area contributed by atoms with Gasteiger partial charge in [0.15, 0.2) is 0 Å². The molecule has 0 unspecified atom stereocenters. The average molecular weight is 407 g/mol. The lowest BCUT2D eigenvalue weighted by Crippen LogP contribution is -2.22. The van der Waals surface area contributed by atoms with Gasteiger partial charge in [0, 0.05) is 19.3 Å². The van der Waals surface area contributed by atoms with Gasteiger partial charge in [-0.1, -0.05) is 37.8 Å². The molecule has 1 aliphatic rings. The van der Waals surface area contributed by atoms with Crippen molar-refractivity contribution in [1.29, 1.82) is 0 Å². The topological polar surface area (TPSA) is 78.9 Å². The summed E-state index contributed by atoms with van der Waals surface area (Å²) in [6.07, 6.45) is 2.48. The Kier molecular flexibility index (Phi) is 6.56. The van der Waals surface area contributed by atoms with E-state index in [1.165, 1.54) is 19.2 Å². The number of hydrogen-bond donors (Lipinski definition) is 3. The van der Waals surface area contributed by atoms with Crippen LogP contribution in [0.4, 0.5) is 30.6 Å². The van der Waals surface area contributed by atoms with E-state index in [1.807, 2.05) is 0 Å². The zero-order valence-electron chi connectivity index (χ0n) is 16.1. The molecule has 1 saturated carbocycles. The number of alkyl halides is 3. The first-order valence-corrected chi connectivity index (χ1v) is 9.67. The molecule has 3 N–H and O–H groups in total. The van der Waals surface area contributed by atoms with Crippen LogP contribution in [-0.2, 0) is 6.18 Å². The van der Waals surface area contributed by atoms with Gasteiger partial charge in [-0.25, -0.2) is 4.98 Å². The van der Waals surface area contributed by atoms with Gasteiger partial charge in [-0.15, -0.1) is 0 Å². The second-order valence-electron chi connectivity index (χ2n) is 7.04. The van der Waals surface area contributed by atoms with Crippen molar-refractivity contribution in [3.05, 3.63) is 41.6 Å². The number of anilines is 3. The maximum absolute atomic E-state index is 13.5. The standard InChI is InChI=1S/C20H24F3N5O/c1-24-18(29)14-10-6-7-11-16(14)27-17-15(20(21,22)23)12-25-19(28-17)26-13-8-4-2-3-5-9-13/h6-7,10-13H,2-5,8-9H2,1H3,(H,24,29)(H2,25,26,27,28). The smallest absolute Gasteiger partial charge is 0.355 e. The van der Waals surface area contributed by atoms with Gasteiger partial charge in [0.2, 0.25) is 5.95 Å². The molecule has 9 heteroatoms. The van der Waals surface area contributed by atoms with Crippen LogP contribution in [0.5, 0.6) is 0 Å². The van der Waals surface area contributed by atoms with E-state index < -0.39 is 17.6 Å². The molecule has 6 nitrogen and oxygen atoms in total. The SMILES string of the molecule is CNC(=O)c1ccccc1Nc1nc(NC2CCCCCC2)ncc1C(F)(F)F. The Morgan fingerprint density at radius 2 is 1.79 bits per heavy atom. The fourth-order valence-corrected chi connectivity index (χ4v) is 3.41. The molecule has 2 aromatic rings. The van der Waals surface area contributed by atoms with Crippen LogP contribution in [0.1, 0.15) is 54.4 Å². The minimum Gasteiger partial charge on any atom is -0.355 e. The van der Waals surface area contributed by atoms with Crippen molar-refractivity contribution in [3.8, 4) is 0 Å². The summed E-state index contributed by atoms with van der Waals surface area (Å²) in [5.74, 6) is -0.655. The summed E-state index contributed by atoms with van der Waals surface area (Å²) in [5, 5.41) is 8.32. The number of benzene rings is 1. The van der Waals surface area contributed by atoms with Gasteiger partial charge in [0.1, 0.15) is 11.4 Å². The van der Waals surface area contributed by atoms with Gasteiger partial charge >= 0.3 is 6.18 Å². The van der Waals surface area contributed by atoms with E-state index in [9.17, 15) is 18.0 Å². The van der Waals surface area contributed by atoms with Gasteiger partial charge in [-0.3, -0.25) is 4.79 Å². The summed E-state index contributed by atoms with van der Waals surface area (Å²) in [6, 6.07) is 6.47. The summed E-state index contributed by atoms with van der Waals surface area (Å²) in [6.45, 7) is 0. The van der Waals surface area contributed by atoms with Crippen molar-refractivity contribution in [3.63, 3.8) is 0 Å². The molecule has 0 radical (unpaired) electrons. The van der Waals surface area contributed by atoms with Crippen LogP contribution in [0.15, 0.2) is 30.5 Å². The predicted octanol–water partition coefficient (Wildman–Crippen LogP) is 4.73. The average Bonchev–Trinajstić information content (AvgIpc) is 2.96. The highest BCUT2D eigenvalue weighted by Crippen LogP contribution is 2.35. The van der Waals surface area contributed by atoms with Crippen molar-refractivity contribution >= 4 is 23.4 Å². The molecule has 1 amide bonds. The Bertz CT molecular complexity index is 848. The number of para-hydroxylation sites is 1. The molecule has 0 saturated heterocycles. The van der Waals surface area contributed by atoms with Crippen molar-refractivity contribution in [2.45, 2.75) is 50.7 Å². The van der Waals surface area contributed by atoms with Crippen molar-refractivity contribution in [1.82, 2.24) is 15.3 Å². The predicted molar refractivity (Wildman–Crippen MR) is 105 cm³/mol. The number of nitrogens with one attached hydrogen (secondary N) is 3. The van der Waals surface area contributed by atoms with Gasteiger partial charge in [-0.2, -0.15) is 18.2 Å². The number of aromatic nitrogens is 2. The van der Waals surface area contributed by atoms with E-state index in [2.05, 4.69) is 25.9 Å². The lowest BCUT2D eigenvalue weighted by Gasteiger charge is -2.19. The third kappa shape index (κ3) is 5.36. The van der Waals surface area contributed by atoms with Crippen LogP contribution < -0.4 is 16.0 Å². The fraction of sp³-hybridized carbons (Fsp3) is 0.450. The van der Waals surface area contributed by atoms with Crippen LogP contribution in [-0.4, -0.2) is 29.0 Å². The second-order valence-corrected chi connectivity index (χ2v) is 7.04. The van der Waals surface area contributed by atoms with Crippen LogP contribution >= 0.6 is 0 Å². The number of amides is 1. The minimum absolute atomic E-state index is 0.139. The first-order valence-electron chi connectivity index (χ1n) is 9.67. The summed E-state index contributed by atoms with van der Waals surface area (Å²) < 4.78 is 40.5. The van der Waals surface area contributed by atoms with Crippen LogP contribution in [0.3, 0.4) is 0 Å². The summed E-state index contributed by atoms with van der Waals surface area (Å²) in [7, 11) is 1.46. The molecular formula is C20H24F3N5O. The zero-order valence-corrected chi connectivity index (χ0v) is 16.1. The van der Waals surface area contributed by atoms with Crippen molar-refractivity contribution in [2.24, 2.45) is 0 Å². The molecule has 1 fully saturated rings. The van der Waals surface area contributed by atoms with Crippen LogP contribution in [0, 0.1) is 0 Å². The number of rotatable bonds is 5. The number of halogens is 3. The maximum atomic E-state index is 13.5. The lowest BCUT2D eigenvalue weighted by atomic mass is 10.1. The molecule has 29 heavy (non-hydrogen) atoms. The summed E-state index contributed by atoms with van der Waals surface area (Å²) in [5.41, 5.74) is -0.535. The molecule has 1 aliphatic carbocycles. The number of carbonyl (C=O) groups excluding carboxylic acids is 1. The minimum atomic E-state index is -4.63. The zero-order chi connectivity index (χ0) is 20.9. The normalized spacial score (nSPS) is 15.4. The highest BCUT2D eigenvalue weighted by atomic mass is 19.4. The van der Waals surface area contributed by atoms with E-state index in [-0.39, 0.29) is 29.1 Å². The summed E-state index contributed by atoms with van der Waals surface area (Å²) in [4.78, 5) is 20.0. The Morgan fingerprint density at radius 1 is 1.10 bits per heavy atom. The van der Waals surface area contributed by atoms with E-state index in [0.717, 1.165) is 44.7 Å². The molecule has 0 atom stereocenters. The third-order valence-corrected chi connectivity index (χ3v) is 4.93. The van der Waals surface area contributed by atoms with Gasteiger partial charge in [0.25, 0.3) is 5.91 Å². The first-order chi connectivity index (χ1) is 13.9. The molecule has 1 aromatic heterocycles.